The molecule has 4 nitrogen and oxygen atoms in total. The molecular weight excluding hydrogens is 180 g/mol. The van der Waals surface area contributed by atoms with E-state index in [9.17, 15) is 4.79 Å². The van der Waals surface area contributed by atoms with Crippen LogP contribution >= 0.6 is 0 Å². The van der Waals surface area contributed by atoms with E-state index in [2.05, 4.69) is 15.3 Å². The zero-order chi connectivity index (χ0) is 10.4. The Morgan fingerprint density at radius 2 is 2.00 bits per heavy atom. The topological polar surface area (TPSA) is 50.7 Å². The summed E-state index contributed by atoms with van der Waals surface area (Å²) in [7, 11) is 1.44. The Morgan fingerprint density at radius 1 is 1.36 bits per heavy atom. The highest BCUT2D eigenvalue weighted by Gasteiger charge is 2.04. The molecule has 1 amide bonds. The number of benzene rings is 1. The molecule has 0 aliphatic heterocycles. The number of amides is 1. The quantitative estimate of drug-likeness (QED) is 0.434. The summed E-state index contributed by atoms with van der Waals surface area (Å²) in [4.78, 5) is 15.5. The Bertz CT molecular complexity index is 333. The van der Waals surface area contributed by atoms with Gasteiger partial charge in [-0.15, -0.1) is 0 Å². The Hall–Kier alpha value is -1.84. The van der Waals surface area contributed by atoms with Crippen LogP contribution < -0.4 is 5.32 Å². The maximum Gasteiger partial charge on any atom is 0.222 e. The van der Waals surface area contributed by atoms with E-state index < -0.39 is 0 Å². The number of rotatable bonds is 2. The highest BCUT2D eigenvalue weighted by molar-refractivity contribution is 6.07. The van der Waals surface area contributed by atoms with E-state index in [0.29, 0.717) is 5.84 Å². The second-order valence-electron chi connectivity index (χ2n) is 2.67. The van der Waals surface area contributed by atoms with Crippen LogP contribution in [0.2, 0.25) is 0 Å². The van der Waals surface area contributed by atoms with Gasteiger partial charge in [-0.05, 0) is 0 Å². The predicted octanol–water partition coefficient (Wildman–Crippen LogP) is 1.13. The highest BCUT2D eigenvalue weighted by atomic mass is 16.6. The minimum absolute atomic E-state index is 0.176. The van der Waals surface area contributed by atoms with E-state index in [4.69, 9.17) is 0 Å². The molecule has 14 heavy (non-hydrogen) atoms. The molecule has 0 aliphatic carbocycles. The summed E-state index contributed by atoms with van der Waals surface area (Å²) in [5.41, 5.74) is 0.810. The van der Waals surface area contributed by atoms with Crippen LogP contribution in [0.15, 0.2) is 35.5 Å². The van der Waals surface area contributed by atoms with Gasteiger partial charge in [-0.25, -0.2) is 0 Å². The fraction of sp³-hybridized carbons (Fsp3) is 0.200. The van der Waals surface area contributed by atoms with Gasteiger partial charge in [0.1, 0.15) is 7.11 Å². The summed E-state index contributed by atoms with van der Waals surface area (Å²) in [5.74, 6) is 0.241. The Balaban J connectivity index is 2.89. The number of carbonyl (C=O) groups is 1. The minimum Gasteiger partial charge on any atom is -0.397 e. The molecule has 1 rings (SSSR count). The molecule has 4 heteroatoms. The van der Waals surface area contributed by atoms with Crippen LogP contribution in [0.5, 0.6) is 0 Å². The third-order valence-electron chi connectivity index (χ3n) is 1.52. The zero-order valence-electron chi connectivity index (χ0n) is 8.15. The molecule has 0 saturated carbocycles. The molecule has 0 unspecified atom stereocenters. The smallest absolute Gasteiger partial charge is 0.222 e. The van der Waals surface area contributed by atoms with Crippen molar-refractivity contribution in [1.82, 2.24) is 5.32 Å². The van der Waals surface area contributed by atoms with Crippen LogP contribution in [0.3, 0.4) is 0 Å². The first-order valence-electron chi connectivity index (χ1n) is 4.18. The van der Waals surface area contributed by atoms with Crippen LogP contribution in [-0.2, 0) is 9.63 Å². The molecule has 0 aromatic heterocycles. The summed E-state index contributed by atoms with van der Waals surface area (Å²) in [6.07, 6.45) is 0. The maximum absolute atomic E-state index is 10.9. The van der Waals surface area contributed by atoms with Crippen molar-refractivity contribution in [1.29, 1.82) is 0 Å². The SMILES string of the molecule is CO/N=C(\NC(C)=O)c1ccccc1. The molecule has 0 atom stereocenters. The van der Waals surface area contributed by atoms with E-state index in [-0.39, 0.29) is 5.91 Å². The molecule has 74 valence electrons. The molecular formula is C10H12N2O2. The third kappa shape index (κ3) is 2.90. The molecule has 1 N–H and O–H groups in total. The molecule has 0 aliphatic rings. The molecule has 0 saturated heterocycles. The number of carbonyl (C=O) groups excluding carboxylic acids is 1. The van der Waals surface area contributed by atoms with Gasteiger partial charge < -0.3 is 10.2 Å². The lowest BCUT2D eigenvalue weighted by Gasteiger charge is -2.05. The first kappa shape index (κ1) is 10.2. The van der Waals surface area contributed by atoms with Crippen molar-refractivity contribution < 1.29 is 9.63 Å². The Labute approximate surface area is 82.6 Å². The predicted molar refractivity (Wildman–Crippen MR) is 53.8 cm³/mol. The Morgan fingerprint density at radius 3 is 2.50 bits per heavy atom. The van der Waals surface area contributed by atoms with Crippen molar-refractivity contribution in [3.8, 4) is 0 Å². The molecule has 1 aromatic rings. The lowest BCUT2D eigenvalue weighted by molar-refractivity contribution is -0.117. The standard InChI is InChI=1S/C10H12N2O2/c1-8(13)11-10(12-14-2)9-6-4-3-5-7-9/h3-7H,1-2H3,(H,11,12,13). The fourth-order valence-electron chi connectivity index (χ4n) is 1.00. The van der Waals surface area contributed by atoms with Crippen molar-refractivity contribution in [3.05, 3.63) is 35.9 Å². The van der Waals surface area contributed by atoms with Gasteiger partial charge in [0.25, 0.3) is 0 Å². The van der Waals surface area contributed by atoms with Gasteiger partial charge in [-0.1, -0.05) is 35.5 Å². The van der Waals surface area contributed by atoms with Crippen LogP contribution in [0.25, 0.3) is 0 Å². The first-order chi connectivity index (χ1) is 6.74. The van der Waals surface area contributed by atoms with E-state index in [1.807, 2.05) is 30.3 Å². The zero-order valence-corrected chi connectivity index (χ0v) is 8.15. The van der Waals surface area contributed by atoms with Gasteiger partial charge in [0.15, 0.2) is 5.84 Å². The van der Waals surface area contributed by atoms with Crippen molar-refractivity contribution in [2.24, 2.45) is 5.16 Å². The Kier molecular flexibility index (Phi) is 3.67. The lowest BCUT2D eigenvalue weighted by Crippen LogP contribution is -2.29. The number of hydrogen-bond donors (Lipinski definition) is 1. The highest BCUT2D eigenvalue weighted by Crippen LogP contribution is 1.99. The van der Waals surface area contributed by atoms with Gasteiger partial charge in [-0.2, -0.15) is 0 Å². The molecule has 0 spiro atoms. The van der Waals surface area contributed by atoms with Gasteiger partial charge in [-0.3, -0.25) is 4.79 Å². The summed E-state index contributed by atoms with van der Waals surface area (Å²) < 4.78 is 0. The third-order valence-corrected chi connectivity index (χ3v) is 1.52. The number of oxime groups is 1. The van der Waals surface area contributed by atoms with Gasteiger partial charge in [0, 0.05) is 12.5 Å². The normalized spacial score (nSPS) is 10.9. The van der Waals surface area contributed by atoms with Crippen LogP contribution in [-0.4, -0.2) is 18.9 Å². The van der Waals surface area contributed by atoms with Crippen molar-refractivity contribution in [2.75, 3.05) is 7.11 Å². The maximum atomic E-state index is 10.9. The average Bonchev–Trinajstić information content (AvgIpc) is 2.18. The van der Waals surface area contributed by atoms with Crippen LogP contribution in [0.1, 0.15) is 12.5 Å². The minimum atomic E-state index is -0.176. The second kappa shape index (κ2) is 5.01. The van der Waals surface area contributed by atoms with Gasteiger partial charge in [0.05, 0.1) is 0 Å². The number of nitrogens with one attached hydrogen (secondary N) is 1. The first-order valence-corrected chi connectivity index (χ1v) is 4.18. The second-order valence-corrected chi connectivity index (χ2v) is 2.67. The van der Waals surface area contributed by atoms with Gasteiger partial charge >= 0.3 is 0 Å². The number of hydrogen-bond acceptors (Lipinski definition) is 3. The molecule has 0 bridgehead atoms. The summed E-state index contributed by atoms with van der Waals surface area (Å²) >= 11 is 0. The monoisotopic (exact) mass is 192 g/mol. The van der Waals surface area contributed by atoms with Crippen molar-refractivity contribution >= 4 is 11.7 Å². The van der Waals surface area contributed by atoms with Crippen molar-refractivity contribution in [3.63, 3.8) is 0 Å². The van der Waals surface area contributed by atoms with Crippen molar-refractivity contribution in [2.45, 2.75) is 6.92 Å². The summed E-state index contributed by atoms with van der Waals surface area (Å²) in [6, 6.07) is 9.30. The van der Waals surface area contributed by atoms with E-state index in [0.717, 1.165) is 5.56 Å². The number of nitrogens with zero attached hydrogens (tertiary/aromatic N) is 1. The average molecular weight is 192 g/mol. The fourth-order valence-corrected chi connectivity index (χ4v) is 1.00. The van der Waals surface area contributed by atoms with E-state index in [1.165, 1.54) is 14.0 Å². The molecule has 0 radical (unpaired) electrons. The molecule has 1 aromatic carbocycles. The van der Waals surface area contributed by atoms with E-state index in [1.54, 1.807) is 0 Å². The molecule has 0 fully saturated rings. The lowest BCUT2D eigenvalue weighted by atomic mass is 10.2. The van der Waals surface area contributed by atoms with Crippen LogP contribution in [0, 0.1) is 0 Å². The van der Waals surface area contributed by atoms with Gasteiger partial charge in [0.2, 0.25) is 5.91 Å². The van der Waals surface area contributed by atoms with Crippen LogP contribution in [0.4, 0.5) is 0 Å². The summed E-state index contributed by atoms with van der Waals surface area (Å²) in [6.45, 7) is 1.42. The van der Waals surface area contributed by atoms with E-state index >= 15 is 0 Å². The molecule has 0 heterocycles. The largest absolute Gasteiger partial charge is 0.397 e. The number of amidine groups is 1. The summed E-state index contributed by atoms with van der Waals surface area (Å²) in [5, 5.41) is 6.30.